The van der Waals surface area contributed by atoms with E-state index >= 15 is 0 Å². The molecule has 3 N–H and O–H groups in total. The SMILES string of the molecule is CCCS(=O)(=O)c1c(N)nsc1NCC1(C)CCOCC1. The summed E-state index contributed by atoms with van der Waals surface area (Å²) in [5.41, 5.74) is 5.87. The highest BCUT2D eigenvalue weighted by Gasteiger charge is 2.30. The zero-order valence-corrected chi connectivity index (χ0v) is 14.1. The maximum absolute atomic E-state index is 12.3. The van der Waals surface area contributed by atoms with Crippen molar-refractivity contribution < 1.29 is 13.2 Å². The number of nitrogens with two attached hydrogens (primary N) is 1. The standard InChI is InChI=1S/C13H23N3O3S2/c1-3-8-21(17,18)10-11(14)16-20-12(10)15-9-13(2)4-6-19-7-5-13/h15H,3-9H2,1-2H3,(H2,14,16). The molecule has 120 valence electrons. The third-order valence-corrected chi connectivity index (χ3v) is 6.76. The Hall–Kier alpha value is -0.860. The Balaban J connectivity index is 2.14. The van der Waals surface area contributed by atoms with E-state index in [0.717, 1.165) is 37.6 Å². The summed E-state index contributed by atoms with van der Waals surface area (Å²) in [5.74, 6) is 0.197. The van der Waals surface area contributed by atoms with E-state index in [2.05, 4.69) is 16.6 Å². The molecule has 21 heavy (non-hydrogen) atoms. The Morgan fingerprint density at radius 1 is 1.43 bits per heavy atom. The van der Waals surface area contributed by atoms with Crippen LogP contribution in [0.1, 0.15) is 33.1 Å². The van der Waals surface area contributed by atoms with Gasteiger partial charge in [0.2, 0.25) is 0 Å². The molecule has 0 atom stereocenters. The number of nitrogens with one attached hydrogen (secondary N) is 1. The van der Waals surface area contributed by atoms with Crippen LogP contribution >= 0.6 is 11.5 Å². The first-order valence-corrected chi connectivity index (χ1v) is 9.60. The Bertz CT molecular complexity index is 577. The molecule has 1 aliphatic heterocycles. The van der Waals surface area contributed by atoms with Crippen molar-refractivity contribution >= 4 is 32.2 Å². The Kier molecular flexibility index (Phi) is 5.11. The van der Waals surface area contributed by atoms with Gasteiger partial charge in [0.15, 0.2) is 15.7 Å². The fourth-order valence-corrected chi connectivity index (χ4v) is 5.03. The maximum Gasteiger partial charge on any atom is 0.185 e. The van der Waals surface area contributed by atoms with Crippen molar-refractivity contribution in [2.75, 3.05) is 36.6 Å². The van der Waals surface area contributed by atoms with Gasteiger partial charge >= 0.3 is 0 Å². The van der Waals surface area contributed by atoms with E-state index in [-0.39, 0.29) is 21.9 Å². The van der Waals surface area contributed by atoms with Crippen LogP contribution in [0.3, 0.4) is 0 Å². The smallest absolute Gasteiger partial charge is 0.185 e. The minimum atomic E-state index is -3.37. The summed E-state index contributed by atoms with van der Waals surface area (Å²) in [6.07, 6.45) is 2.49. The average molecular weight is 333 g/mol. The van der Waals surface area contributed by atoms with Crippen molar-refractivity contribution in [1.82, 2.24) is 4.37 Å². The summed E-state index contributed by atoms with van der Waals surface area (Å²) < 4.78 is 34.0. The highest BCUT2D eigenvalue weighted by atomic mass is 32.2. The normalized spacial score (nSPS) is 18.6. The summed E-state index contributed by atoms with van der Waals surface area (Å²) in [4.78, 5) is 0.171. The van der Waals surface area contributed by atoms with Crippen LogP contribution in [-0.4, -0.2) is 38.3 Å². The number of rotatable bonds is 6. The second kappa shape index (κ2) is 6.50. The van der Waals surface area contributed by atoms with E-state index in [0.29, 0.717) is 18.0 Å². The number of ether oxygens (including phenoxy) is 1. The van der Waals surface area contributed by atoms with E-state index in [1.165, 1.54) is 0 Å². The number of sulfone groups is 1. The van der Waals surface area contributed by atoms with Crippen molar-refractivity contribution in [2.45, 2.75) is 38.0 Å². The van der Waals surface area contributed by atoms with Crippen LogP contribution in [0.15, 0.2) is 4.90 Å². The quantitative estimate of drug-likeness (QED) is 0.828. The van der Waals surface area contributed by atoms with Gasteiger partial charge in [-0.15, -0.1) is 0 Å². The lowest BCUT2D eigenvalue weighted by Crippen LogP contribution is -2.33. The first-order chi connectivity index (χ1) is 9.88. The van der Waals surface area contributed by atoms with E-state index in [1.54, 1.807) is 0 Å². The highest BCUT2D eigenvalue weighted by molar-refractivity contribution is 7.91. The molecule has 1 aliphatic rings. The van der Waals surface area contributed by atoms with Crippen molar-refractivity contribution in [1.29, 1.82) is 0 Å². The van der Waals surface area contributed by atoms with Gasteiger partial charge in [-0.3, -0.25) is 0 Å². The number of hydrogen-bond acceptors (Lipinski definition) is 7. The third kappa shape index (κ3) is 3.87. The van der Waals surface area contributed by atoms with E-state index < -0.39 is 9.84 Å². The second-order valence-corrected chi connectivity index (χ2v) is 8.64. The molecule has 2 rings (SSSR count). The van der Waals surface area contributed by atoms with E-state index in [9.17, 15) is 8.42 Å². The Morgan fingerprint density at radius 3 is 2.71 bits per heavy atom. The number of nitrogen functional groups attached to an aromatic ring is 1. The predicted molar refractivity (Wildman–Crippen MR) is 85.5 cm³/mol. The van der Waals surface area contributed by atoms with Crippen molar-refractivity contribution in [2.24, 2.45) is 5.41 Å². The molecule has 0 radical (unpaired) electrons. The van der Waals surface area contributed by atoms with Gasteiger partial charge in [0.25, 0.3) is 0 Å². The minimum Gasteiger partial charge on any atom is -0.382 e. The number of nitrogens with zero attached hydrogens (tertiary/aromatic N) is 1. The number of hydrogen-bond donors (Lipinski definition) is 2. The Morgan fingerprint density at radius 2 is 2.10 bits per heavy atom. The van der Waals surface area contributed by atoms with Crippen molar-refractivity contribution in [3.8, 4) is 0 Å². The van der Waals surface area contributed by atoms with Crippen molar-refractivity contribution in [3.63, 3.8) is 0 Å². The lowest BCUT2D eigenvalue weighted by Gasteiger charge is -2.33. The molecule has 2 heterocycles. The van der Waals surface area contributed by atoms with Crippen LogP contribution in [-0.2, 0) is 14.6 Å². The summed E-state index contributed by atoms with van der Waals surface area (Å²) in [6.45, 7) is 6.23. The molecule has 0 aromatic carbocycles. The molecule has 8 heteroatoms. The van der Waals surface area contributed by atoms with Gasteiger partial charge in [0, 0.05) is 19.8 Å². The lowest BCUT2D eigenvalue weighted by atomic mass is 9.82. The number of anilines is 2. The number of aromatic nitrogens is 1. The van der Waals surface area contributed by atoms with Gasteiger partial charge < -0.3 is 15.8 Å². The molecule has 1 fully saturated rings. The summed E-state index contributed by atoms with van der Waals surface area (Å²) in [6, 6.07) is 0. The topological polar surface area (TPSA) is 94.3 Å². The minimum absolute atomic E-state index is 0.0927. The first-order valence-electron chi connectivity index (χ1n) is 7.17. The van der Waals surface area contributed by atoms with Gasteiger partial charge in [-0.05, 0) is 36.2 Å². The fourth-order valence-electron chi connectivity index (χ4n) is 2.41. The van der Waals surface area contributed by atoms with Gasteiger partial charge in [-0.2, -0.15) is 4.37 Å². The van der Waals surface area contributed by atoms with E-state index in [4.69, 9.17) is 10.5 Å². The molecule has 0 spiro atoms. The largest absolute Gasteiger partial charge is 0.382 e. The molecule has 0 saturated carbocycles. The van der Waals surface area contributed by atoms with Gasteiger partial charge in [0.1, 0.15) is 9.90 Å². The van der Waals surface area contributed by atoms with Crippen LogP contribution in [0, 0.1) is 5.41 Å². The summed E-state index contributed by atoms with van der Waals surface area (Å²) in [5, 5.41) is 3.81. The van der Waals surface area contributed by atoms with Gasteiger partial charge in [-0.1, -0.05) is 13.8 Å². The van der Waals surface area contributed by atoms with Crippen LogP contribution in [0.5, 0.6) is 0 Å². The van der Waals surface area contributed by atoms with Gasteiger partial charge in [-0.25, -0.2) is 8.42 Å². The van der Waals surface area contributed by atoms with Crippen LogP contribution in [0.2, 0.25) is 0 Å². The van der Waals surface area contributed by atoms with Crippen LogP contribution in [0.4, 0.5) is 10.8 Å². The maximum atomic E-state index is 12.3. The summed E-state index contributed by atoms with van der Waals surface area (Å²) in [7, 11) is -3.37. The fraction of sp³-hybridized carbons (Fsp3) is 0.769. The zero-order chi connectivity index (χ0) is 15.5. The molecular weight excluding hydrogens is 310 g/mol. The van der Waals surface area contributed by atoms with Crippen molar-refractivity contribution in [3.05, 3.63) is 0 Å². The molecule has 0 unspecified atom stereocenters. The molecular formula is C13H23N3O3S2. The third-order valence-electron chi connectivity index (χ3n) is 3.83. The predicted octanol–water partition coefficient (Wildman–Crippen LogP) is 2.14. The molecule has 1 saturated heterocycles. The second-order valence-electron chi connectivity index (χ2n) is 5.82. The molecule has 1 aromatic rings. The first kappa shape index (κ1) is 16.5. The van der Waals surface area contributed by atoms with Crippen LogP contribution < -0.4 is 11.1 Å². The molecule has 0 aliphatic carbocycles. The summed E-state index contributed by atoms with van der Waals surface area (Å²) >= 11 is 1.12. The molecule has 1 aromatic heterocycles. The highest BCUT2D eigenvalue weighted by Crippen LogP contribution is 2.35. The molecule has 0 bridgehead atoms. The lowest BCUT2D eigenvalue weighted by molar-refractivity contribution is 0.0300. The average Bonchev–Trinajstić information content (AvgIpc) is 2.79. The van der Waals surface area contributed by atoms with E-state index in [1.807, 2.05) is 6.92 Å². The molecule has 6 nitrogen and oxygen atoms in total. The van der Waals surface area contributed by atoms with Gasteiger partial charge in [0.05, 0.1) is 5.75 Å². The monoisotopic (exact) mass is 333 g/mol. The Labute approximate surface area is 130 Å². The zero-order valence-electron chi connectivity index (χ0n) is 12.5. The molecule has 0 amide bonds. The van der Waals surface area contributed by atoms with Crippen LogP contribution in [0.25, 0.3) is 0 Å².